The maximum absolute atomic E-state index is 14.9. The molecule has 0 atom stereocenters. The van der Waals surface area contributed by atoms with Crippen LogP contribution in [0.3, 0.4) is 0 Å². The molecule has 9 heteroatoms. The van der Waals surface area contributed by atoms with Crippen molar-refractivity contribution in [2.24, 2.45) is 0 Å². The van der Waals surface area contributed by atoms with E-state index in [1.165, 1.54) is 28.7 Å². The van der Waals surface area contributed by atoms with E-state index in [-0.39, 0.29) is 17.1 Å². The summed E-state index contributed by atoms with van der Waals surface area (Å²) in [5.74, 6) is -1.13. The van der Waals surface area contributed by atoms with Crippen LogP contribution in [0.2, 0.25) is 0 Å². The Balaban J connectivity index is 1.49. The monoisotopic (exact) mass is 559 g/mol. The molecule has 2 aromatic carbocycles. The van der Waals surface area contributed by atoms with Gasteiger partial charge in [0.05, 0.1) is 12.3 Å². The number of aromatic nitrogens is 2. The molecule has 0 aliphatic carbocycles. The van der Waals surface area contributed by atoms with Crippen LogP contribution in [0, 0.1) is 5.82 Å². The first kappa shape index (κ1) is 26.5. The Kier molecular flexibility index (Phi) is 8.29. The molecule has 0 saturated carbocycles. The van der Waals surface area contributed by atoms with E-state index in [0.717, 1.165) is 33.7 Å². The first-order valence-electron chi connectivity index (χ1n) is 12.5. The van der Waals surface area contributed by atoms with E-state index in [1.54, 1.807) is 24.4 Å². The van der Waals surface area contributed by atoms with Crippen molar-refractivity contribution in [3.63, 3.8) is 0 Å². The molecule has 0 aliphatic heterocycles. The Morgan fingerprint density at radius 1 is 1.08 bits per heavy atom. The number of thiophene rings is 1. The first-order chi connectivity index (χ1) is 19.0. The van der Waals surface area contributed by atoms with E-state index in [2.05, 4.69) is 17.2 Å². The number of rotatable bonds is 11. The number of carboxylic acids is 1. The van der Waals surface area contributed by atoms with E-state index in [4.69, 9.17) is 9.72 Å². The smallest absolute Gasteiger partial charge is 0.339 e. The number of ether oxygens (including phenoxy) is 1. The normalized spacial score (nSPS) is 10.9. The zero-order valence-corrected chi connectivity index (χ0v) is 22.8. The molecule has 0 amide bonds. The third-order valence-electron chi connectivity index (χ3n) is 6.01. The van der Waals surface area contributed by atoms with Crippen LogP contribution in [-0.2, 0) is 6.42 Å². The number of benzene rings is 2. The number of nitrogens with one attached hydrogen (secondary N) is 1. The number of hydrogen-bond acceptors (Lipinski definition) is 7. The molecule has 198 valence electrons. The quantitative estimate of drug-likeness (QED) is 0.158. The van der Waals surface area contributed by atoms with Gasteiger partial charge in [-0.25, -0.2) is 19.2 Å². The fourth-order valence-corrected chi connectivity index (χ4v) is 5.76. The summed E-state index contributed by atoms with van der Waals surface area (Å²) in [5, 5.41) is 15.4. The molecule has 6 nitrogen and oxygen atoms in total. The fourth-order valence-electron chi connectivity index (χ4n) is 4.03. The molecule has 0 spiro atoms. The van der Waals surface area contributed by atoms with Gasteiger partial charge in [0.1, 0.15) is 11.4 Å². The highest BCUT2D eigenvalue weighted by molar-refractivity contribution is 7.16. The predicted octanol–water partition coefficient (Wildman–Crippen LogP) is 8.28. The molecule has 5 aromatic rings. The van der Waals surface area contributed by atoms with Crippen molar-refractivity contribution in [2.75, 3.05) is 11.9 Å². The highest BCUT2D eigenvalue weighted by Crippen LogP contribution is 2.36. The van der Waals surface area contributed by atoms with Gasteiger partial charge in [-0.15, -0.1) is 22.7 Å². The molecule has 0 bridgehead atoms. The van der Waals surface area contributed by atoms with Gasteiger partial charge in [0, 0.05) is 33.5 Å². The summed E-state index contributed by atoms with van der Waals surface area (Å²) in [6.45, 7) is 2.51. The van der Waals surface area contributed by atoms with Gasteiger partial charge in [0.25, 0.3) is 0 Å². The van der Waals surface area contributed by atoms with E-state index >= 15 is 0 Å². The lowest BCUT2D eigenvalue weighted by atomic mass is 10.1. The fraction of sp³-hybridized carbons (Fsp3) is 0.167. The van der Waals surface area contributed by atoms with Gasteiger partial charge >= 0.3 is 5.97 Å². The Bertz CT molecular complexity index is 1570. The van der Waals surface area contributed by atoms with Crippen LogP contribution in [0.25, 0.3) is 21.7 Å². The van der Waals surface area contributed by atoms with Crippen molar-refractivity contribution in [3.05, 3.63) is 100 Å². The Morgan fingerprint density at radius 2 is 1.92 bits per heavy atom. The Morgan fingerprint density at radius 3 is 2.64 bits per heavy atom. The van der Waals surface area contributed by atoms with E-state index < -0.39 is 11.8 Å². The van der Waals surface area contributed by atoms with E-state index in [9.17, 15) is 14.3 Å². The molecule has 0 radical (unpaired) electrons. The van der Waals surface area contributed by atoms with Crippen molar-refractivity contribution in [3.8, 4) is 27.4 Å². The number of pyridine rings is 1. The second kappa shape index (κ2) is 12.2. The Hall–Kier alpha value is -4.08. The molecule has 3 aromatic heterocycles. The SMILES string of the molecule is CCCCOc1ccc(-c2nc(Nc3ncc(-c4cccs4)cc3C(=O)O)sc2Cc2ccccc2)cc1F. The molecule has 2 N–H and O–H groups in total. The standard InChI is InChI=1S/C30H26FN3O3S2/c1-2-3-13-37-24-12-11-20(17-23(24)31)27-26(15-19-8-5-4-6-9-19)39-30(33-27)34-28-22(29(35)36)16-21(18-32-28)25-10-7-14-38-25/h4-12,14,16-18H,2-3,13,15H2,1H3,(H,35,36)(H,32,33,34). The van der Waals surface area contributed by atoms with Crippen LogP contribution >= 0.6 is 22.7 Å². The van der Waals surface area contributed by atoms with Crippen LogP contribution < -0.4 is 10.1 Å². The molecule has 0 aliphatic rings. The zero-order valence-electron chi connectivity index (χ0n) is 21.2. The minimum Gasteiger partial charge on any atom is -0.491 e. The van der Waals surface area contributed by atoms with E-state index in [1.807, 2.05) is 47.8 Å². The number of nitrogens with zero attached hydrogens (tertiary/aromatic N) is 2. The van der Waals surface area contributed by atoms with Crippen LogP contribution in [0.1, 0.15) is 40.6 Å². The topological polar surface area (TPSA) is 84.3 Å². The molecule has 0 unspecified atom stereocenters. The lowest BCUT2D eigenvalue weighted by Gasteiger charge is -2.09. The predicted molar refractivity (Wildman–Crippen MR) is 155 cm³/mol. The molecule has 39 heavy (non-hydrogen) atoms. The second-order valence-electron chi connectivity index (χ2n) is 8.83. The summed E-state index contributed by atoms with van der Waals surface area (Å²) in [7, 11) is 0. The number of hydrogen-bond donors (Lipinski definition) is 2. The highest BCUT2D eigenvalue weighted by atomic mass is 32.1. The summed E-state index contributed by atoms with van der Waals surface area (Å²) in [5.41, 5.74) is 3.09. The van der Waals surface area contributed by atoms with Crippen molar-refractivity contribution in [2.45, 2.75) is 26.2 Å². The third-order valence-corrected chi connectivity index (χ3v) is 7.90. The minimum absolute atomic E-state index is 0.0434. The zero-order chi connectivity index (χ0) is 27.2. The lowest BCUT2D eigenvalue weighted by Crippen LogP contribution is -2.05. The summed E-state index contributed by atoms with van der Waals surface area (Å²) in [6.07, 6.45) is 4.05. The maximum Gasteiger partial charge on any atom is 0.339 e. The largest absolute Gasteiger partial charge is 0.491 e. The average molecular weight is 560 g/mol. The number of carboxylic acid groups (broad SMARTS) is 1. The van der Waals surface area contributed by atoms with Crippen LogP contribution in [-0.4, -0.2) is 27.7 Å². The Labute approximate surface area is 233 Å². The number of halogens is 1. The van der Waals surface area contributed by atoms with Crippen LogP contribution in [0.15, 0.2) is 78.3 Å². The number of thiazole rings is 1. The lowest BCUT2D eigenvalue weighted by molar-refractivity contribution is 0.0697. The number of unbranched alkanes of at least 4 members (excludes halogenated alkanes) is 1. The van der Waals surface area contributed by atoms with Gasteiger partial charge in [0.15, 0.2) is 16.7 Å². The summed E-state index contributed by atoms with van der Waals surface area (Å²) in [4.78, 5) is 23.1. The van der Waals surface area contributed by atoms with Crippen molar-refractivity contribution in [1.29, 1.82) is 0 Å². The van der Waals surface area contributed by atoms with Gasteiger partial charge < -0.3 is 15.2 Å². The molecule has 3 heterocycles. The molecule has 5 rings (SSSR count). The van der Waals surface area contributed by atoms with Gasteiger partial charge in [0.2, 0.25) is 0 Å². The number of anilines is 2. The van der Waals surface area contributed by atoms with Crippen molar-refractivity contribution in [1.82, 2.24) is 9.97 Å². The molecular weight excluding hydrogens is 533 g/mol. The van der Waals surface area contributed by atoms with Crippen molar-refractivity contribution < 1.29 is 19.0 Å². The average Bonchev–Trinajstić information content (AvgIpc) is 3.61. The number of carbonyl (C=O) groups is 1. The first-order valence-corrected chi connectivity index (χ1v) is 14.2. The minimum atomic E-state index is -1.09. The summed E-state index contributed by atoms with van der Waals surface area (Å²) in [6, 6.07) is 20.2. The van der Waals surface area contributed by atoms with Gasteiger partial charge in [-0.2, -0.15) is 0 Å². The van der Waals surface area contributed by atoms with Crippen molar-refractivity contribution >= 4 is 39.6 Å². The number of aromatic carboxylic acids is 1. The second-order valence-corrected chi connectivity index (χ2v) is 10.9. The van der Waals surface area contributed by atoms with E-state index in [0.29, 0.717) is 29.4 Å². The van der Waals surface area contributed by atoms with Crippen LogP contribution in [0.4, 0.5) is 15.3 Å². The molecule has 0 fully saturated rings. The van der Waals surface area contributed by atoms with Crippen LogP contribution in [0.5, 0.6) is 5.75 Å². The maximum atomic E-state index is 14.9. The van der Waals surface area contributed by atoms with Gasteiger partial charge in [-0.3, -0.25) is 0 Å². The third kappa shape index (κ3) is 6.32. The summed E-state index contributed by atoms with van der Waals surface area (Å²) < 4.78 is 20.5. The highest BCUT2D eigenvalue weighted by Gasteiger charge is 2.19. The van der Waals surface area contributed by atoms with Gasteiger partial charge in [-0.1, -0.05) is 49.7 Å². The molecule has 0 saturated heterocycles. The summed E-state index contributed by atoms with van der Waals surface area (Å²) >= 11 is 2.90. The van der Waals surface area contributed by atoms with Gasteiger partial charge in [-0.05, 0) is 47.7 Å². The molecular formula is C30H26FN3O3S2.